The van der Waals surface area contributed by atoms with E-state index in [1.54, 1.807) is 0 Å². The molecule has 0 fully saturated rings. The molecule has 0 radical (unpaired) electrons. The molecule has 0 spiro atoms. The first-order chi connectivity index (χ1) is 8.32. The summed E-state index contributed by atoms with van der Waals surface area (Å²) < 4.78 is 42.5. The zero-order valence-electron chi connectivity index (χ0n) is 9.49. The Morgan fingerprint density at radius 1 is 1.39 bits per heavy atom. The lowest BCUT2D eigenvalue weighted by atomic mass is 10.1. The van der Waals surface area contributed by atoms with Gasteiger partial charge in [0, 0.05) is 0 Å². The number of ether oxygens (including phenoxy) is 1. The number of alkyl halides is 3. The fourth-order valence-corrected chi connectivity index (χ4v) is 1.30. The summed E-state index contributed by atoms with van der Waals surface area (Å²) in [6.45, 7) is 0. The number of halogens is 3. The number of methoxy groups -OCH3 is 1. The Kier molecular flexibility index (Phi) is 4.36. The van der Waals surface area contributed by atoms with Crippen molar-refractivity contribution >= 4 is 12.0 Å². The molecule has 0 aliphatic heterocycles. The number of hydrogen-bond acceptors (Lipinski definition) is 2. The van der Waals surface area contributed by atoms with Crippen molar-refractivity contribution in [3.8, 4) is 5.75 Å². The predicted octanol–water partition coefficient (Wildman–Crippen LogP) is 3.20. The molecule has 98 valence electrons. The minimum Gasteiger partial charge on any atom is -0.497 e. The Balaban J connectivity index is 3.05. The highest BCUT2D eigenvalue weighted by Crippen LogP contribution is 2.32. The van der Waals surface area contributed by atoms with Crippen LogP contribution in [0.1, 0.15) is 17.5 Å². The van der Waals surface area contributed by atoms with Crippen LogP contribution in [0.2, 0.25) is 0 Å². The molecule has 0 saturated heterocycles. The van der Waals surface area contributed by atoms with Crippen LogP contribution in [0.25, 0.3) is 6.08 Å². The second kappa shape index (κ2) is 5.57. The van der Waals surface area contributed by atoms with E-state index in [1.165, 1.54) is 25.3 Å². The molecule has 3 nitrogen and oxygen atoms in total. The molecule has 0 bridgehead atoms. The lowest BCUT2D eigenvalue weighted by Crippen LogP contribution is -2.05. The average molecular weight is 260 g/mol. The van der Waals surface area contributed by atoms with Crippen LogP contribution in [-0.2, 0) is 11.0 Å². The van der Waals surface area contributed by atoms with Gasteiger partial charge in [-0.05, 0) is 23.8 Å². The van der Waals surface area contributed by atoms with Crippen LogP contribution in [0.3, 0.4) is 0 Å². The first-order valence-corrected chi connectivity index (χ1v) is 4.97. The molecular formula is C12H11F3O3. The molecule has 6 heteroatoms. The number of aliphatic carboxylic acids is 1. The molecule has 0 heterocycles. The number of carboxylic acid groups (broad SMARTS) is 1. The van der Waals surface area contributed by atoms with E-state index in [4.69, 9.17) is 9.84 Å². The summed E-state index contributed by atoms with van der Waals surface area (Å²) in [6, 6.07) is 3.21. The number of carboxylic acids is 1. The maximum Gasteiger partial charge on any atom is 0.416 e. The number of carbonyl (C=O) groups is 1. The highest BCUT2D eigenvalue weighted by molar-refractivity contribution is 5.70. The molecule has 1 rings (SSSR count). The Morgan fingerprint density at radius 3 is 2.56 bits per heavy atom. The van der Waals surface area contributed by atoms with Gasteiger partial charge in [-0.2, -0.15) is 13.2 Å². The molecule has 0 aliphatic carbocycles. The van der Waals surface area contributed by atoms with Gasteiger partial charge in [-0.1, -0.05) is 12.2 Å². The number of benzene rings is 1. The van der Waals surface area contributed by atoms with Crippen LogP contribution in [0.4, 0.5) is 13.2 Å². The standard InChI is InChI=1S/C12H11F3O3/c1-18-10-6-8(3-2-4-11(16)17)5-9(7-10)12(13,14)15/h2-3,5-7H,4H2,1H3,(H,16,17). The predicted molar refractivity (Wildman–Crippen MR) is 59.3 cm³/mol. The molecule has 0 aromatic heterocycles. The van der Waals surface area contributed by atoms with Gasteiger partial charge in [0.1, 0.15) is 5.75 Å². The van der Waals surface area contributed by atoms with Crippen LogP contribution in [-0.4, -0.2) is 18.2 Å². The molecule has 1 aromatic carbocycles. The molecule has 0 unspecified atom stereocenters. The highest BCUT2D eigenvalue weighted by atomic mass is 19.4. The van der Waals surface area contributed by atoms with E-state index < -0.39 is 17.7 Å². The van der Waals surface area contributed by atoms with Crippen LogP contribution >= 0.6 is 0 Å². The van der Waals surface area contributed by atoms with E-state index in [0.29, 0.717) is 0 Å². The van der Waals surface area contributed by atoms with Gasteiger partial charge in [-0.25, -0.2) is 0 Å². The van der Waals surface area contributed by atoms with Gasteiger partial charge in [0.25, 0.3) is 0 Å². The largest absolute Gasteiger partial charge is 0.497 e. The smallest absolute Gasteiger partial charge is 0.416 e. The van der Waals surface area contributed by atoms with Crippen molar-refractivity contribution in [1.82, 2.24) is 0 Å². The van der Waals surface area contributed by atoms with E-state index >= 15 is 0 Å². The maximum absolute atomic E-state index is 12.6. The minimum atomic E-state index is -4.47. The third kappa shape index (κ3) is 4.12. The zero-order chi connectivity index (χ0) is 13.8. The third-order valence-electron chi connectivity index (χ3n) is 2.09. The first kappa shape index (κ1) is 14.1. The molecule has 0 aliphatic rings. The summed E-state index contributed by atoms with van der Waals surface area (Å²) in [5, 5.41) is 8.42. The monoisotopic (exact) mass is 260 g/mol. The summed E-state index contributed by atoms with van der Waals surface area (Å²) in [5.41, 5.74) is -0.597. The molecule has 1 N–H and O–H groups in total. The van der Waals surface area contributed by atoms with Crippen molar-refractivity contribution in [2.45, 2.75) is 12.6 Å². The molecular weight excluding hydrogens is 249 g/mol. The van der Waals surface area contributed by atoms with E-state index in [-0.39, 0.29) is 17.7 Å². The zero-order valence-corrected chi connectivity index (χ0v) is 9.49. The van der Waals surface area contributed by atoms with Crippen molar-refractivity contribution in [2.24, 2.45) is 0 Å². The fraction of sp³-hybridized carbons (Fsp3) is 0.250. The summed E-state index contributed by atoms with van der Waals surface area (Å²) >= 11 is 0. The topological polar surface area (TPSA) is 46.5 Å². The van der Waals surface area contributed by atoms with Crippen molar-refractivity contribution in [2.75, 3.05) is 7.11 Å². The Morgan fingerprint density at radius 2 is 2.06 bits per heavy atom. The quantitative estimate of drug-likeness (QED) is 0.904. The SMILES string of the molecule is COc1cc(C=CCC(=O)O)cc(C(F)(F)F)c1. The summed E-state index contributed by atoms with van der Waals surface area (Å²) in [4.78, 5) is 10.3. The molecule has 18 heavy (non-hydrogen) atoms. The maximum atomic E-state index is 12.6. The number of hydrogen-bond donors (Lipinski definition) is 1. The van der Waals surface area contributed by atoms with Gasteiger partial charge in [0.15, 0.2) is 0 Å². The second-order valence-electron chi connectivity index (χ2n) is 3.49. The van der Waals surface area contributed by atoms with E-state index in [2.05, 4.69) is 0 Å². The van der Waals surface area contributed by atoms with E-state index in [9.17, 15) is 18.0 Å². The van der Waals surface area contributed by atoms with Crippen molar-refractivity contribution < 1.29 is 27.8 Å². The Hall–Kier alpha value is -1.98. The van der Waals surface area contributed by atoms with Crippen molar-refractivity contribution in [3.05, 3.63) is 35.4 Å². The van der Waals surface area contributed by atoms with Gasteiger partial charge in [-0.15, -0.1) is 0 Å². The van der Waals surface area contributed by atoms with Crippen molar-refractivity contribution in [1.29, 1.82) is 0 Å². The Bertz CT molecular complexity index is 464. The summed E-state index contributed by atoms with van der Waals surface area (Å²) in [5.74, 6) is -0.981. The number of rotatable bonds is 4. The molecule has 0 saturated carbocycles. The van der Waals surface area contributed by atoms with E-state index in [0.717, 1.165) is 12.1 Å². The van der Waals surface area contributed by atoms with Crippen molar-refractivity contribution in [3.63, 3.8) is 0 Å². The highest BCUT2D eigenvalue weighted by Gasteiger charge is 2.31. The molecule has 1 aromatic rings. The lowest BCUT2D eigenvalue weighted by Gasteiger charge is -2.10. The third-order valence-corrected chi connectivity index (χ3v) is 2.09. The Labute approximate surface area is 101 Å². The first-order valence-electron chi connectivity index (χ1n) is 4.97. The van der Waals surface area contributed by atoms with Gasteiger partial charge < -0.3 is 9.84 Å². The van der Waals surface area contributed by atoms with Gasteiger partial charge >= 0.3 is 12.1 Å². The summed E-state index contributed by atoms with van der Waals surface area (Å²) in [6.07, 6.45) is -2.13. The fourth-order valence-electron chi connectivity index (χ4n) is 1.30. The minimum absolute atomic E-state index is 0.0693. The second-order valence-corrected chi connectivity index (χ2v) is 3.49. The van der Waals surface area contributed by atoms with Gasteiger partial charge in [0.05, 0.1) is 19.1 Å². The summed E-state index contributed by atoms with van der Waals surface area (Å²) in [7, 11) is 1.26. The van der Waals surface area contributed by atoms with Gasteiger partial charge in [-0.3, -0.25) is 4.79 Å². The normalized spacial score (nSPS) is 11.8. The van der Waals surface area contributed by atoms with E-state index in [1.807, 2.05) is 0 Å². The van der Waals surface area contributed by atoms with Gasteiger partial charge in [0.2, 0.25) is 0 Å². The molecule has 0 atom stereocenters. The average Bonchev–Trinajstić information content (AvgIpc) is 2.27. The van der Waals surface area contributed by atoms with Crippen LogP contribution in [0.5, 0.6) is 5.75 Å². The lowest BCUT2D eigenvalue weighted by molar-refractivity contribution is -0.138. The van der Waals surface area contributed by atoms with Crippen LogP contribution < -0.4 is 4.74 Å². The molecule has 0 amide bonds. The van der Waals surface area contributed by atoms with Crippen LogP contribution in [0.15, 0.2) is 24.3 Å². The van der Waals surface area contributed by atoms with Crippen LogP contribution in [0, 0.1) is 0 Å².